The molecule has 18 heavy (non-hydrogen) atoms. The number of aliphatic hydroxyl groups is 1. The molecule has 100 valence electrons. The SMILES string of the molecule is COC(=O)C(C(C)C)C(C)(O)c1ccc(F)cn1. The second kappa shape index (κ2) is 5.44. The van der Waals surface area contributed by atoms with Crippen molar-refractivity contribution in [2.75, 3.05) is 7.11 Å². The van der Waals surface area contributed by atoms with E-state index in [1.165, 1.54) is 26.2 Å². The van der Waals surface area contributed by atoms with Crippen molar-refractivity contribution in [3.63, 3.8) is 0 Å². The third-order valence-electron chi connectivity index (χ3n) is 2.97. The minimum absolute atomic E-state index is 0.140. The van der Waals surface area contributed by atoms with Gasteiger partial charge in [0.1, 0.15) is 11.4 Å². The minimum Gasteiger partial charge on any atom is -0.469 e. The molecule has 0 saturated heterocycles. The van der Waals surface area contributed by atoms with Crippen LogP contribution in [0.1, 0.15) is 26.5 Å². The van der Waals surface area contributed by atoms with Gasteiger partial charge in [-0.2, -0.15) is 0 Å². The van der Waals surface area contributed by atoms with Crippen molar-refractivity contribution in [2.45, 2.75) is 26.4 Å². The van der Waals surface area contributed by atoms with Crippen LogP contribution in [0.25, 0.3) is 0 Å². The molecule has 1 aromatic heterocycles. The van der Waals surface area contributed by atoms with Gasteiger partial charge in [-0.25, -0.2) is 4.39 Å². The minimum atomic E-state index is -1.50. The van der Waals surface area contributed by atoms with E-state index in [1.807, 2.05) is 0 Å². The van der Waals surface area contributed by atoms with E-state index in [-0.39, 0.29) is 11.6 Å². The fourth-order valence-electron chi connectivity index (χ4n) is 2.11. The highest BCUT2D eigenvalue weighted by atomic mass is 19.1. The third-order valence-corrected chi connectivity index (χ3v) is 2.97. The van der Waals surface area contributed by atoms with Gasteiger partial charge in [-0.15, -0.1) is 0 Å². The molecule has 0 radical (unpaired) electrons. The van der Waals surface area contributed by atoms with E-state index in [0.29, 0.717) is 0 Å². The fourth-order valence-corrected chi connectivity index (χ4v) is 2.11. The summed E-state index contributed by atoms with van der Waals surface area (Å²) in [5.74, 6) is -1.91. The molecule has 1 aromatic rings. The number of pyridine rings is 1. The third kappa shape index (κ3) is 2.85. The van der Waals surface area contributed by atoms with E-state index < -0.39 is 23.3 Å². The Balaban J connectivity index is 3.16. The Labute approximate surface area is 106 Å². The molecule has 0 saturated carbocycles. The normalized spacial score (nSPS) is 16.2. The van der Waals surface area contributed by atoms with Gasteiger partial charge in [0, 0.05) is 0 Å². The highest BCUT2D eigenvalue weighted by Crippen LogP contribution is 2.34. The van der Waals surface area contributed by atoms with Crippen molar-refractivity contribution >= 4 is 5.97 Å². The van der Waals surface area contributed by atoms with E-state index in [4.69, 9.17) is 4.74 Å². The second-order valence-electron chi connectivity index (χ2n) is 4.75. The van der Waals surface area contributed by atoms with Crippen LogP contribution in [-0.4, -0.2) is 23.2 Å². The van der Waals surface area contributed by atoms with Crippen molar-refractivity contribution in [1.82, 2.24) is 4.98 Å². The fraction of sp³-hybridized carbons (Fsp3) is 0.538. The molecule has 0 spiro atoms. The smallest absolute Gasteiger partial charge is 0.312 e. The average Bonchev–Trinajstić information content (AvgIpc) is 2.28. The monoisotopic (exact) mass is 255 g/mol. The number of aromatic nitrogens is 1. The van der Waals surface area contributed by atoms with Gasteiger partial charge in [0.15, 0.2) is 0 Å². The van der Waals surface area contributed by atoms with Crippen LogP contribution in [0.2, 0.25) is 0 Å². The lowest BCUT2D eigenvalue weighted by molar-refractivity contribution is -0.159. The van der Waals surface area contributed by atoms with Gasteiger partial charge in [0.05, 0.1) is 24.9 Å². The molecule has 0 aliphatic rings. The Morgan fingerprint density at radius 3 is 2.50 bits per heavy atom. The summed E-state index contributed by atoms with van der Waals surface area (Å²) in [6.07, 6.45) is 1.01. The van der Waals surface area contributed by atoms with Crippen molar-refractivity contribution in [3.8, 4) is 0 Å². The molecule has 1 rings (SSSR count). The van der Waals surface area contributed by atoms with Crippen LogP contribution in [0.5, 0.6) is 0 Å². The lowest BCUT2D eigenvalue weighted by atomic mass is 9.78. The Kier molecular flexibility index (Phi) is 4.40. The number of methoxy groups -OCH3 is 1. The first-order valence-corrected chi connectivity index (χ1v) is 5.73. The average molecular weight is 255 g/mol. The molecule has 2 unspecified atom stereocenters. The first-order valence-electron chi connectivity index (χ1n) is 5.73. The summed E-state index contributed by atoms with van der Waals surface area (Å²) in [5, 5.41) is 10.5. The van der Waals surface area contributed by atoms with Gasteiger partial charge in [-0.1, -0.05) is 13.8 Å². The van der Waals surface area contributed by atoms with Crippen LogP contribution >= 0.6 is 0 Å². The Morgan fingerprint density at radius 1 is 1.50 bits per heavy atom. The van der Waals surface area contributed by atoms with Crippen LogP contribution < -0.4 is 0 Å². The molecule has 5 heteroatoms. The Bertz CT molecular complexity index is 415. The molecule has 4 nitrogen and oxygen atoms in total. The van der Waals surface area contributed by atoms with Crippen molar-refractivity contribution in [2.24, 2.45) is 11.8 Å². The van der Waals surface area contributed by atoms with Crippen LogP contribution in [0.15, 0.2) is 18.3 Å². The number of hydrogen-bond donors (Lipinski definition) is 1. The molecule has 0 amide bonds. The number of esters is 1. The first-order chi connectivity index (χ1) is 8.30. The first kappa shape index (κ1) is 14.6. The molecular weight excluding hydrogens is 237 g/mol. The molecule has 0 bridgehead atoms. The highest BCUT2D eigenvalue weighted by Gasteiger charge is 2.42. The topological polar surface area (TPSA) is 59.4 Å². The molecule has 2 atom stereocenters. The largest absolute Gasteiger partial charge is 0.469 e. The lowest BCUT2D eigenvalue weighted by Gasteiger charge is -2.33. The molecule has 0 aliphatic carbocycles. The van der Waals surface area contributed by atoms with E-state index in [2.05, 4.69) is 4.98 Å². The van der Waals surface area contributed by atoms with Gasteiger partial charge >= 0.3 is 5.97 Å². The number of halogens is 1. The molecular formula is C13H18FNO3. The van der Waals surface area contributed by atoms with Crippen molar-refractivity contribution in [3.05, 3.63) is 29.8 Å². The summed E-state index contributed by atoms with van der Waals surface area (Å²) >= 11 is 0. The summed E-state index contributed by atoms with van der Waals surface area (Å²) in [6, 6.07) is 2.57. The maximum absolute atomic E-state index is 12.8. The van der Waals surface area contributed by atoms with E-state index in [0.717, 1.165) is 6.20 Å². The molecule has 0 aliphatic heterocycles. The standard InChI is InChI=1S/C13H18FNO3/c1-8(2)11(12(16)18-4)13(3,17)10-6-5-9(14)7-15-10/h5-8,11,17H,1-4H3. The van der Waals surface area contributed by atoms with Crippen LogP contribution in [0.3, 0.4) is 0 Å². The maximum Gasteiger partial charge on any atom is 0.312 e. The summed E-state index contributed by atoms with van der Waals surface area (Å²) in [5.41, 5.74) is -1.26. The van der Waals surface area contributed by atoms with Gasteiger partial charge < -0.3 is 9.84 Å². The quantitative estimate of drug-likeness (QED) is 0.834. The van der Waals surface area contributed by atoms with E-state index >= 15 is 0 Å². The van der Waals surface area contributed by atoms with Crippen LogP contribution in [0.4, 0.5) is 4.39 Å². The van der Waals surface area contributed by atoms with Gasteiger partial charge in [-0.3, -0.25) is 9.78 Å². The maximum atomic E-state index is 12.8. The predicted molar refractivity (Wildman–Crippen MR) is 64.1 cm³/mol. The number of rotatable bonds is 4. The van der Waals surface area contributed by atoms with Crippen molar-refractivity contribution in [1.29, 1.82) is 0 Å². The molecule has 1 N–H and O–H groups in total. The number of nitrogens with zero attached hydrogens (tertiary/aromatic N) is 1. The van der Waals surface area contributed by atoms with Crippen LogP contribution in [-0.2, 0) is 15.1 Å². The zero-order chi connectivity index (χ0) is 13.9. The second-order valence-corrected chi connectivity index (χ2v) is 4.75. The van der Waals surface area contributed by atoms with Gasteiger partial charge in [0.25, 0.3) is 0 Å². The van der Waals surface area contributed by atoms with Crippen LogP contribution in [0, 0.1) is 17.7 Å². The molecule has 0 fully saturated rings. The number of carbonyl (C=O) groups excluding carboxylic acids is 1. The number of carbonyl (C=O) groups is 1. The summed E-state index contributed by atoms with van der Waals surface area (Å²) in [4.78, 5) is 15.6. The summed E-state index contributed by atoms with van der Waals surface area (Å²) < 4.78 is 17.5. The van der Waals surface area contributed by atoms with Gasteiger partial charge in [-0.05, 0) is 25.0 Å². The zero-order valence-electron chi connectivity index (χ0n) is 11.0. The van der Waals surface area contributed by atoms with Gasteiger partial charge in [0.2, 0.25) is 0 Å². The van der Waals surface area contributed by atoms with E-state index in [9.17, 15) is 14.3 Å². The predicted octanol–water partition coefficient (Wildman–Crippen LogP) is 1.87. The Hall–Kier alpha value is -1.49. The Morgan fingerprint density at radius 2 is 2.11 bits per heavy atom. The lowest BCUT2D eigenvalue weighted by Crippen LogP contribution is -2.41. The molecule has 1 heterocycles. The highest BCUT2D eigenvalue weighted by molar-refractivity contribution is 5.74. The van der Waals surface area contributed by atoms with Crippen molar-refractivity contribution < 1.29 is 19.0 Å². The summed E-state index contributed by atoms with van der Waals surface area (Å²) in [6.45, 7) is 5.09. The zero-order valence-corrected chi connectivity index (χ0v) is 11.0. The summed E-state index contributed by atoms with van der Waals surface area (Å²) in [7, 11) is 1.27. The molecule has 0 aromatic carbocycles. The van der Waals surface area contributed by atoms with E-state index in [1.54, 1.807) is 13.8 Å². The number of ether oxygens (including phenoxy) is 1. The number of hydrogen-bond acceptors (Lipinski definition) is 4.